The van der Waals surface area contributed by atoms with Gasteiger partial charge in [-0.05, 0) is 43.3 Å². The number of hydrogen-bond acceptors (Lipinski definition) is 5. The van der Waals surface area contributed by atoms with Gasteiger partial charge in [-0.2, -0.15) is 0 Å². The third-order valence-corrected chi connectivity index (χ3v) is 3.83. The van der Waals surface area contributed by atoms with Gasteiger partial charge in [0.2, 0.25) is 0 Å². The van der Waals surface area contributed by atoms with Crippen LogP contribution in [0.2, 0.25) is 0 Å². The molecule has 2 aromatic carbocycles. The number of nitrogens with one attached hydrogen (secondary N) is 2. The molecule has 1 aromatic heterocycles. The second-order valence-electron chi connectivity index (χ2n) is 6.05. The van der Waals surface area contributed by atoms with Crippen molar-refractivity contribution in [3.63, 3.8) is 0 Å². The zero-order valence-electron chi connectivity index (χ0n) is 15.5. The third-order valence-electron chi connectivity index (χ3n) is 3.83. The molecular formula is C22H18N2O5. The summed E-state index contributed by atoms with van der Waals surface area (Å²) in [4.78, 5) is 36.0. The molecule has 0 atom stereocenters. The van der Waals surface area contributed by atoms with E-state index in [-0.39, 0.29) is 5.76 Å². The van der Waals surface area contributed by atoms with Gasteiger partial charge in [-0.15, -0.1) is 0 Å². The highest BCUT2D eigenvalue weighted by molar-refractivity contribution is 5.97. The van der Waals surface area contributed by atoms with Crippen molar-refractivity contribution in [2.75, 3.05) is 0 Å². The highest BCUT2D eigenvalue weighted by atomic mass is 16.5. The molecule has 3 rings (SSSR count). The van der Waals surface area contributed by atoms with Crippen molar-refractivity contribution >= 4 is 23.9 Å². The smallest absolute Gasteiger partial charge is 0.343 e. The van der Waals surface area contributed by atoms with E-state index in [4.69, 9.17) is 9.15 Å². The number of amides is 2. The van der Waals surface area contributed by atoms with Gasteiger partial charge < -0.3 is 9.15 Å². The van der Waals surface area contributed by atoms with E-state index < -0.39 is 17.8 Å². The standard InChI is InChI=1S/C22H18N2O5/c1-15-6-4-8-17(14-15)22(27)29-18-9-3-2-7-16(18)11-12-20(25)23-24-21(26)19-10-5-13-28-19/h2-14H,1H3,(H,23,25)(H,24,26)/b12-11+. The van der Waals surface area contributed by atoms with E-state index in [1.165, 1.54) is 24.5 Å². The SMILES string of the molecule is Cc1cccc(C(=O)Oc2ccccc2/C=C/C(=O)NNC(=O)c2ccco2)c1. The first-order valence-corrected chi connectivity index (χ1v) is 8.73. The number of hydrazine groups is 1. The first-order valence-electron chi connectivity index (χ1n) is 8.73. The maximum Gasteiger partial charge on any atom is 0.343 e. The molecule has 29 heavy (non-hydrogen) atoms. The van der Waals surface area contributed by atoms with Gasteiger partial charge in [0.05, 0.1) is 11.8 Å². The first-order chi connectivity index (χ1) is 14.0. The fraction of sp³-hybridized carbons (Fsp3) is 0.0455. The molecule has 146 valence electrons. The van der Waals surface area contributed by atoms with Gasteiger partial charge in [0, 0.05) is 11.6 Å². The Kier molecular flexibility index (Phi) is 6.22. The van der Waals surface area contributed by atoms with Crippen molar-refractivity contribution in [3.8, 4) is 5.75 Å². The number of benzene rings is 2. The molecule has 0 bridgehead atoms. The van der Waals surface area contributed by atoms with E-state index in [0.29, 0.717) is 16.9 Å². The molecule has 0 saturated carbocycles. The Morgan fingerprint density at radius 2 is 1.79 bits per heavy atom. The van der Waals surface area contributed by atoms with Crippen LogP contribution in [0.25, 0.3) is 6.08 Å². The van der Waals surface area contributed by atoms with Crippen LogP contribution in [0.15, 0.2) is 77.4 Å². The average Bonchev–Trinajstić information content (AvgIpc) is 3.26. The Hall–Kier alpha value is -4.13. The van der Waals surface area contributed by atoms with Crippen molar-refractivity contribution in [2.24, 2.45) is 0 Å². The topological polar surface area (TPSA) is 97.6 Å². The number of ether oxygens (including phenoxy) is 1. The van der Waals surface area contributed by atoms with Gasteiger partial charge in [0.25, 0.3) is 5.91 Å². The number of aryl methyl sites for hydroxylation is 1. The van der Waals surface area contributed by atoms with Gasteiger partial charge in [0.1, 0.15) is 5.75 Å². The van der Waals surface area contributed by atoms with Gasteiger partial charge in [-0.3, -0.25) is 20.4 Å². The van der Waals surface area contributed by atoms with Crippen LogP contribution in [0.1, 0.15) is 32.0 Å². The molecule has 0 aliphatic carbocycles. The Bertz CT molecular complexity index is 1050. The maximum atomic E-state index is 12.4. The fourth-order valence-corrected chi connectivity index (χ4v) is 2.44. The molecule has 0 radical (unpaired) electrons. The Morgan fingerprint density at radius 1 is 0.966 bits per heavy atom. The molecule has 2 N–H and O–H groups in total. The minimum Gasteiger partial charge on any atom is -0.459 e. The van der Waals surface area contributed by atoms with Gasteiger partial charge in [-0.1, -0.05) is 35.9 Å². The number of carbonyl (C=O) groups excluding carboxylic acids is 3. The minimum absolute atomic E-state index is 0.0719. The quantitative estimate of drug-likeness (QED) is 0.302. The third kappa shape index (κ3) is 5.43. The summed E-state index contributed by atoms with van der Waals surface area (Å²) in [5.41, 5.74) is 6.37. The van der Waals surface area contributed by atoms with Crippen molar-refractivity contribution in [1.82, 2.24) is 10.9 Å². The lowest BCUT2D eigenvalue weighted by atomic mass is 10.1. The molecule has 0 fully saturated rings. The lowest BCUT2D eigenvalue weighted by molar-refractivity contribution is -0.117. The van der Waals surface area contributed by atoms with Gasteiger partial charge in [-0.25, -0.2) is 4.79 Å². The number of hydrogen-bond donors (Lipinski definition) is 2. The highest BCUT2D eigenvalue weighted by Gasteiger charge is 2.11. The Morgan fingerprint density at radius 3 is 2.55 bits per heavy atom. The average molecular weight is 390 g/mol. The van der Waals surface area contributed by atoms with E-state index in [0.717, 1.165) is 5.56 Å². The zero-order chi connectivity index (χ0) is 20.6. The van der Waals surface area contributed by atoms with E-state index in [2.05, 4.69) is 10.9 Å². The van der Waals surface area contributed by atoms with Crippen LogP contribution in [-0.4, -0.2) is 17.8 Å². The van der Waals surface area contributed by atoms with Crippen LogP contribution in [0.4, 0.5) is 0 Å². The summed E-state index contributed by atoms with van der Waals surface area (Å²) in [6.45, 7) is 1.89. The number of rotatable bonds is 5. The second kappa shape index (κ2) is 9.18. The molecular weight excluding hydrogens is 372 g/mol. The normalized spacial score (nSPS) is 10.5. The molecule has 0 saturated heterocycles. The molecule has 3 aromatic rings. The van der Waals surface area contributed by atoms with E-state index in [9.17, 15) is 14.4 Å². The van der Waals surface area contributed by atoms with Gasteiger partial charge >= 0.3 is 11.9 Å². The largest absolute Gasteiger partial charge is 0.459 e. The number of esters is 1. The molecule has 0 spiro atoms. The maximum absolute atomic E-state index is 12.4. The monoisotopic (exact) mass is 390 g/mol. The summed E-state index contributed by atoms with van der Waals surface area (Å²) >= 11 is 0. The van der Waals surface area contributed by atoms with Crippen LogP contribution in [0.5, 0.6) is 5.75 Å². The van der Waals surface area contributed by atoms with Crippen molar-refractivity contribution in [3.05, 3.63) is 95.5 Å². The molecule has 0 aliphatic rings. The predicted molar refractivity (Wildman–Crippen MR) is 106 cm³/mol. The number of furan rings is 1. The molecule has 7 nitrogen and oxygen atoms in total. The van der Waals surface area contributed by atoms with E-state index in [1.807, 2.05) is 13.0 Å². The summed E-state index contributed by atoms with van der Waals surface area (Å²) in [5, 5.41) is 0. The van der Waals surface area contributed by atoms with Crippen molar-refractivity contribution in [2.45, 2.75) is 6.92 Å². The molecule has 1 heterocycles. The predicted octanol–water partition coefficient (Wildman–Crippen LogP) is 3.28. The van der Waals surface area contributed by atoms with Crippen LogP contribution in [0, 0.1) is 6.92 Å². The summed E-state index contributed by atoms with van der Waals surface area (Å²) in [6, 6.07) is 16.9. The van der Waals surface area contributed by atoms with Crippen LogP contribution >= 0.6 is 0 Å². The summed E-state index contributed by atoms with van der Waals surface area (Å²) in [7, 11) is 0. The molecule has 0 aliphatic heterocycles. The van der Waals surface area contributed by atoms with Crippen LogP contribution < -0.4 is 15.6 Å². The van der Waals surface area contributed by atoms with Crippen LogP contribution in [0.3, 0.4) is 0 Å². The van der Waals surface area contributed by atoms with E-state index >= 15 is 0 Å². The lowest BCUT2D eigenvalue weighted by Gasteiger charge is -2.08. The van der Waals surface area contributed by atoms with Crippen LogP contribution in [-0.2, 0) is 4.79 Å². The summed E-state index contributed by atoms with van der Waals surface area (Å²) < 4.78 is 10.4. The zero-order valence-corrected chi connectivity index (χ0v) is 15.5. The van der Waals surface area contributed by atoms with E-state index in [1.54, 1.807) is 48.5 Å². The minimum atomic E-state index is -0.579. The fourth-order valence-electron chi connectivity index (χ4n) is 2.44. The lowest BCUT2D eigenvalue weighted by Crippen LogP contribution is -2.40. The molecule has 7 heteroatoms. The number of para-hydroxylation sites is 1. The first kappa shape index (κ1) is 19.6. The molecule has 2 amide bonds. The second-order valence-corrected chi connectivity index (χ2v) is 6.05. The molecule has 0 unspecified atom stereocenters. The Balaban J connectivity index is 1.63. The summed E-state index contributed by atoms with van der Waals surface area (Å²) in [6.07, 6.45) is 4.04. The van der Waals surface area contributed by atoms with Crippen molar-refractivity contribution < 1.29 is 23.5 Å². The number of carbonyl (C=O) groups is 3. The Labute approximate surface area is 167 Å². The van der Waals surface area contributed by atoms with Gasteiger partial charge in [0.15, 0.2) is 5.76 Å². The summed E-state index contributed by atoms with van der Waals surface area (Å²) in [5.74, 6) is -1.26. The van der Waals surface area contributed by atoms with Crippen molar-refractivity contribution in [1.29, 1.82) is 0 Å². The highest BCUT2D eigenvalue weighted by Crippen LogP contribution is 2.21.